The average Bonchev–Trinajstić information content (AvgIpc) is 0.722. The predicted octanol–water partition coefficient (Wildman–Crippen LogP) is -3.54. The summed E-state index contributed by atoms with van der Waals surface area (Å²) in [5.74, 6) is 0. The van der Waals surface area contributed by atoms with Gasteiger partial charge in [0, 0.05) is 19.5 Å². The molecule has 1 radical (unpaired) electrons. The summed E-state index contributed by atoms with van der Waals surface area (Å²) in [4.78, 5) is 0. The second-order valence-corrected chi connectivity index (χ2v) is 1.34. The first-order valence-corrected chi connectivity index (χ1v) is 2.10. The molecular weight excluding hydrogens is 332 g/mol. The molecule has 0 unspecified atom stereocenters. The molecule has 0 aromatic carbocycles. The molecule has 4 nitrogen and oxygen atoms in total. The fraction of sp³-hybridized carbons (Fsp3) is 0. The summed E-state index contributed by atoms with van der Waals surface area (Å²) in [6.07, 6.45) is 0. The van der Waals surface area contributed by atoms with Crippen LogP contribution in [-0.4, -0.2) is 17.5 Å². The molecule has 0 rings (SSSR count). The maximum Gasteiger partial charge on any atom is 1.00 e. The van der Waals surface area contributed by atoms with Crippen LogP contribution in [0.2, 0.25) is 0 Å². The van der Waals surface area contributed by atoms with E-state index in [9.17, 15) is 0 Å². The Labute approximate surface area is 115 Å². The van der Waals surface area contributed by atoms with Crippen molar-refractivity contribution in [3.05, 3.63) is 0 Å². The summed E-state index contributed by atoms with van der Waals surface area (Å²) in [6.45, 7) is 0. The zero-order valence-electron chi connectivity index (χ0n) is 4.45. The SMILES string of the molecule is O=S(=O)(O)O.[Cs+].[H-].[Rh]. The summed E-state index contributed by atoms with van der Waals surface area (Å²) < 4.78 is 31.6. The van der Waals surface area contributed by atoms with Gasteiger partial charge in [-0.25, -0.2) is 0 Å². The Kier molecular flexibility index (Phi) is 15.5. The van der Waals surface area contributed by atoms with Gasteiger partial charge in [0.25, 0.3) is 0 Å². The van der Waals surface area contributed by atoms with Gasteiger partial charge in [0.1, 0.15) is 0 Å². The molecule has 0 spiro atoms. The Hall–Kier alpha value is 2.55. The van der Waals surface area contributed by atoms with E-state index in [-0.39, 0.29) is 89.8 Å². The first-order chi connectivity index (χ1) is 2.00. The van der Waals surface area contributed by atoms with Crippen molar-refractivity contribution in [2.45, 2.75) is 0 Å². The molecular formula is H3CsO4RhS. The first kappa shape index (κ1) is 16.3. The first-order valence-electron chi connectivity index (χ1n) is 0.698. The Balaban J connectivity index is -0.0000000267. The molecule has 0 aromatic rings. The third-order valence-corrected chi connectivity index (χ3v) is 0. The number of rotatable bonds is 0. The number of hydrogen-bond acceptors (Lipinski definition) is 2. The minimum atomic E-state index is -4.67. The standard InChI is InChI=1S/Cs.H2O4S.Rh.H/c;1-5(2,3)4;;/h;(H2,1,2,3,4);;/q+1;;;-1. The molecule has 0 aliphatic rings. The smallest absolute Gasteiger partial charge is 1.00 e. The summed E-state index contributed by atoms with van der Waals surface area (Å²) in [5, 5.41) is 0. The van der Waals surface area contributed by atoms with E-state index in [0.717, 1.165) is 0 Å². The monoisotopic (exact) mass is 335 g/mol. The average molecular weight is 335 g/mol. The Bertz CT molecular complexity index is 99.2. The second kappa shape index (κ2) is 6.66. The van der Waals surface area contributed by atoms with Crippen LogP contribution in [0.3, 0.4) is 0 Å². The number of hydrogen-bond donors (Lipinski definition) is 2. The van der Waals surface area contributed by atoms with E-state index in [1.165, 1.54) is 0 Å². The zero-order chi connectivity index (χ0) is 4.50. The molecule has 43 valence electrons. The van der Waals surface area contributed by atoms with E-state index in [4.69, 9.17) is 17.5 Å². The van der Waals surface area contributed by atoms with E-state index in [0.29, 0.717) is 0 Å². The van der Waals surface area contributed by atoms with Crippen molar-refractivity contribution in [1.29, 1.82) is 0 Å². The van der Waals surface area contributed by atoms with E-state index < -0.39 is 10.4 Å². The van der Waals surface area contributed by atoms with Crippen LogP contribution in [-0.2, 0) is 29.9 Å². The minimum Gasteiger partial charge on any atom is -1.00 e. The van der Waals surface area contributed by atoms with Gasteiger partial charge in [-0.15, -0.1) is 0 Å². The predicted molar refractivity (Wildman–Crippen MR) is 15.3 cm³/mol. The summed E-state index contributed by atoms with van der Waals surface area (Å²) >= 11 is 0. The van der Waals surface area contributed by atoms with Crippen molar-refractivity contribution >= 4 is 10.4 Å². The molecule has 0 heterocycles. The Morgan fingerprint density at radius 2 is 1.29 bits per heavy atom. The van der Waals surface area contributed by atoms with E-state index in [1.807, 2.05) is 0 Å². The molecule has 0 saturated carbocycles. The molecule has 0 aromatic heterocycles. The van der Waals surface area contributed by atoms with Gasteiger partial charge in [-0.1, -0.05) is 0 Å². The molecule has 0 aliphatic carbocycles. The van der Waals surface area contributed by atoms with Crippen molar-refractivity contribution < 1.29 is 107 Å². The van der Waals surface area contributed by atoms with Gasteiger partial charge in [-0.3, -0.25) is 9.11 Å². The largest absolute Gasteiger partial charge is 1.00 e. The fourth-order valence-corrected chi connectivity index (χ4v) is 0. The molecule has 7 heavy (non-hydrogen) atoms. The van der Waals surface area contributed by atoms with Gasteiger partial charge >= 0.3 is 79.3 Å². The van der Waals surface area contributed by atoms with Crippen molar-refractivity contribution in [2.75, 3.05) is 0 Å². The van der Waals surface area contributed by atoms with Gasteiger partial charge in [-0.2, -0.15) is 8.42 Å². The quantitative estimate of drug-likeness (QED) is 0.355. The van der Waals surface area contributed by atoms with E-state index >= 15 is 0 Å². The van der Waals surface area contributed by atoms with Gasteiger partial charge in [0.05, 0.1) is 0 Å². The Morgan fingerprint density at radius 3 is 1.29 bits per heavy atom. The third-order valence-electron chi connectivity index (χ3n) is 0. The zero-order valence-corrected chi connectivity index (χ0v) is 12.2. The van der Waals surface area contributed by atoms with Crippen LogP contribution in [0.5, 0.6) is 0 Å². The molecule has 7 heteroatoms. The maximum absolute atomic E-state index is 8.74. The maximum atomic E-state index is 8.74. The molecule has 0 atom stereocenters. The van der Waals surface area contributed by atoms with Crippen LogP contribution in [0.4, 0.5) is 0 Å². The van der Waals surface area contributed by atoms with Crippen LogP contribution in [0.1, 0.15) is 1.43 Å². The molecule has 0 fully saturated rings. The summed E-state index contributed by atoms with van der Waals surface area (Å²) in [6, 6.07) is 0. The molecule has 2 N–H and O–H groups in total. The second-order valence-electron chi connectivity index (χ2n) is 0.448. The fourth-order valence-electron chi connectivity index (χ4n) is 0. The van der Waals surface area contributed by atoms with Crippen LogP contribution in [0.25, 0.3) is 0 Å². The van der Waals surface area contributed by atoms with Gasteiger partial charge in [-0.05, 0) is 0 Å². The Morgan fingerprint density at radius 1 is 1.29 bits per heavy atom. The normalized spacial score (nSPS) is 8.29. The molecule has 0 bridgehead atoms. The van der Waals surface area contributed by atoms with Crippen molar-refractivity contribution in [2.24, 2.45) is 0 Å². The van der Waals surface area contributed by atoms with Crippen molar-refractivity contribution in [3.8, 4) is 0 Å². The van der Waals surface area contributed by atoms with Gasteiger partial charge in [0.15, 0.2) is 0 Å². The van der Waals surface area contributed by atoms with E-state index in [2.05, 4.69) is 0 Å². The molecule has 0 amide bonds. The van der Waals surface area contributed by atoms with Crippen LogP contribution >= 0.6 is 0 Å². The third kappa shape index (κ3) is 56.5. The topological polar surface area (TPSA) is 74.6 Å². The van der Waals surface area contributed by atoms with Crippen LogP contribution in [0.15, 0.2) is 0 Å². The molecule has 0 aliphatic heterocycles. The van der Waals surface area contributed by atoms with Crippen LogP contribution < -0.4 is 68.9 Å². The van der Waals surface area contributed by atoms with Gasteiger partial charge in [0.2, 0.25) is 0 Å². The van der Waals surface area contributed by atoms with Gasteiger partial charge < -0.3 is 1.43 Å². The van der Waals surface area contributed by atoms with E-state index in [1.54, 1.807) is 0 Å². The minimum absolute atomic E-state index is 0. The van der Waals surface area contributed by atoms with Crippen molar-refractivity contribution in [3.63, 3.8) is 0 Å². The summed E-state index contributed by atoms with van der Waals surface area (Å²) in [5.41, 5.74) is 0. The van der Waals surface area contributed by atoms with Crippen LogP contribution in [0, 0.1) is 0 Å². The molecule has 0 saturated heterocycles. The van der Waals surface area contributed by atoms with Crippen molar-refractivity contribution in [1.82, 2.24) is 0 Å². The summed E-state index contributed by atoms with van der Waals surface area (Å²) in [7, 11) is -4.67.